The minimum Gasteiger partial charge on any atom is -0.479 e. The lowest BCUT2D eigenvalue weighted by atomic mass is 10.1. The highest BCUT2D eigenvalue weighted by molar-refractivity contribution is 9.11. The lowest BCUT2D eigenvalue weighted by Gasteiger charge is -2.13. The monoisotopic (exact) mass is 576 g/mol. The first-order valence-corrected chi connectivity index (χ1v) is 12.8. The molecular weight excluding hydrogens is 559 g/mol. The molecule has 1 N–H and O–H groups in total. The van der Waals surface area contributed by atoms with E-state index in [-0.39, 0.29) is 12.2 Å². The molecule has 11 heteroatoms. The highest BCUT2D eigenvalue weighted by Crippen LogP contribution is 2.40. The Morgan fingerprint density at radius 1 is 1.29 bits per heavy atom. The van der Waals surface area contributed by atoms with Gasteiger partial charge in [-0.15, -0.1) is 0 Å². The van der Waals surface area contributed by atoms with Gasteiger partial charge in [0.05, 0.1) is 14.5 Å². The number of nitrogens with zero attached hydrogens (tertiary/aromatic N) is 2. The maximum Gasteiger partial charge on any atom is 0.338 e. The number of hydrogen-bond donors (Lipinski definition) is 1. The fourth-order valence-corrected chi connectivity index (χ4v) is 5.31. The molecule has 31 heavy (non-hydrogen) atoms. The number of sulfone groups is 1. The summed E-state index contributed by atoms with van der Waals surface area (Å²) < 4.78 is 46.1. The zero-order chi connectivity index (χ0) is 22.9. The van der Waals surface area contributed by atoms with Gasteiger partial charge in [-0.05, 0) is 68.6 Å². The highest BCUT2D eigenvalue weighted by Gasteiger charge is 2.21. The van der Waals surface area contributed by atoms with Crippen LogP contribution in [0.4, 0.5) is 4.39 Å². The van der Waals surface area contributed by atoms with E-state index in [9.17, 15) is 17.6 Å². The highest BCUT2D eigenvalue weighted by atomic mass is 79.9. The summed E-state index contributed by atoms with van der Waals surface area (Å²) in [5, 5.41) is 8.78. The van der Waals surface area contributed by atoms with Crippen molar-refractivity contribution in [3.63, 3.8) is 0 Å². The molecule has 7 nitrogen and oxygen atoms in total. The Hall–Kier alpha value is -1.98. The van der Waals surface area contributed by atoms with Gasteiger partial charge in [0.25, 0.3) is 0 Å². The molecule has 0 saturated carbocycles. The van der Waals surface area contributed by atoms with Crippen molar-refractivity contribution < 1.29 is 27.4 Å². The summed E-state index contributed by atoms with van der Waals surface area (Å²) >= 11 is 6.78. The molecule has 1 heterocycles. The van der Waals surface area contributed by atoms with Crippen molar-refractivity contribution >= 4 is 58.7 Å². The van der Waals surface area contributed by atoms with Gasteiger partial charge in [0.15, 0.2) is 21.3 Å². The van der Waals surface area contributed by atoms with Crippen LogP contribution in [0.15, 0.2) is 39.3 Å². The number of alkyl halides is 1. The van der Waals surface area contributed by atoms with Crippen LogP contribution < -0.4 is 4.74 Å². The second-order valence-corrected chi connectivity index (χ2v) is 10.8. The summed E-state index contributed by atoms with van der Waals surface area (Å²) in [4.78, 5) is 15.3. The van der Waals surface area contributed by atoms with Gasteiger partial charge in [0, 0.05) is 19.2 Å². The van der Waals surface area contributed by atoms with Crippen molar-refractivity contribution in [3.05, 3.63) is 50.7 Å². The molecule has 0 aliphatic heterocycles. The first kappa shape index (κ1) is 23.7. The summed E-state index contributed by atoms with van der Waals surface area (Å²) in [6.07, 6.45) is -1.13. The number of fused-ring (bicyclic) bond motifs is 1. The number of aromatic nitrogens is 2. The van der Waals surface area contributed by atoms with Crippen LogP contribution >= 0.6 is 31.9 Å². The molecule has 3 aromatic rings. The van der Waals surface area contributed by atoms with Gasteiger partial charge < -0.3 is 14.4 Å². The molecule has 0 saturated heterocycles. The summed E-state index contributed by atoms with van der Waals surface area (Å²) in [6.45, 7) is 2.45. The van der Waals surface area contributed by atoms with Gasteiger partial charge in [0.1, 0.15) is 17.1 Å². The predicted octanol–water partition coefficient (Wildman–Crippen LogP) is 4.88. The first-order valence-electron chi connectivity index (χ1n) is 9.18. The third kappa shape index (κ3) is 5.45. The third-order valence-corrected chi connectivity index (χ3v) is 6.44. The van der Waals surface area contributed by atoms with Crippen LogP contribution in [0.3, 0.4) is 0 Å². The number of carboxylic acid groups (broad SMARTS) is 1. The second-order valence-electron chi connectivity index (χ2n) is 6.97. The summed E-state index contributed by atoms with van der Waals surface area (Å²) in [5.41, 5.74) is 1.73. The number of hydrogen-bond acceptors (Lipinski definition) is 5. The minimum atomic E-state index is -3.28. The Morgan fingerprint density at radius 3 is 2.48 bits per heavy atom. The first-order chi connectivity index (χ1) is 14.5. The average molecular weight is 578 g/mol. The van der Waals surface area contributed by atoms with Crippen molar-refractivity contribution in [2.24, 2.45) is 0 Å². The fraction of sp³-hybridized carbons (Fsp3) is 0.300. The van der Waals surface area contributed by atoms with E-state index in [1.165, 1.54) is 0 Å². The van der Waals surface area contributed by atoms with Gasteiger partial charge in [-0.25, -0.2) is 22.6 Å². The number of carbonyl (C=O) groups is 1. The molecule has 0 bridgehead atoms. The van der Waals surface area contributed by atoms with E-state index in [0.29, 0.717) is 43.9 Å². The van der Waals surface area contributed by atoms with E-state index in [4.69, 9.17) is 9.84 Å². The third-order valence-electron chi connectivity index (χ3n) is 4.48. The Balaban J connectivity index is 2.01. The normalized spacial score (nSPS) is 12.8. The smallest absolute Gasteiger partial charge is 0.338 e. The van der Waals surface area contributed by atoms with Gasteiger partial charge in [-0.2, -0.15) is 0 Å². The second kappa shape index (κ2) is 9.25. The molecule has 0 fully saturated rings. The molecule has 0 spiro atoms. The van der Waals surface area contributed by atoms with Crippen LogP contribution in [0.5, 0.6) is 11.5 Å². The number of imidazole rings is 1. The zero-order valence-corrected chi connectivity index (χ0v) is 20.6. The summed E-state index contributed by atoms with van der Waals surface area (Å²) in [6, 6.07) is 8.52. The van der Waals surface area contributed by atoms with Crippen molar-refractivity contribution in [2.45, 2.75) is 31.8 Å². The number of carboxylic acids is 1. The molecule has 0 radical (unpaired) electrons. The molecule has 0 aliphatic carbocycles. The zero-order valence-electron chi connectivity index (χ0n) is 16.6. The van der Waals surface area contributed by atoms with E-state index in [2.05, 4.69) is 36.8 Å². The van der Waals surface area contributed by atoms with E-state index in [1.54, 1.807) is 24.3 Å². The predicted molar refractivity (Wildman–Crippen MR) is 122 cm³/mol. The van der Waals surface area contributed by atoms with Crippen LogP contribution in [0.2, 0.25) is 0 Å². The van der Waals surface area contributed by atoms with E-state index >= 15 is 0 Å². The van der Waals surface area contributed by atoms with Gasteiger partial charge in [-0.3, -0.25) is 0 Å². The van der Waals surface area contributed by atoms with Gasteiger partial charge in [-0.1, -0.05) is 6.07 Å². The van der Waals surface area contributed by atoms with E-state index in [1.807, 2.05) is 17.6 Å². The summed E-state index contributed by atoms with van der Waals surface area (Å²) in [7, 11) is -3.28. The number of halogens is 3. The van der Waals surface area contributed by atoms with Crippen molar-refractivity contribution in [2.75, 3.05) is 6.26 Å². The number of ether oxygens (including phenoxy) is 1. The van der Waals surface area contributed by atoms with Crippen molar-refractivity contribution in [3.8, 4) is 11.5 Å². The number of benzene rings is 2. The Labute approximate surface area is 195 Å². The van der Waals surface area contributed by atoms with Crippen molar-refractivity contribution in [1.29, 1.82) is 0 Å². The number of para-hydroxylation sites is 1. The molecule has 3 rings (SSSR count). The van der Waals surface area contributed by atoms with Crippen molar-refractivity contribution in [1.82, 2.24) is 9.55 Å². The largest absolute Gasteiger partial charge is 0.479 e. The van der Waals surface area contributed by atoms with E-state index in [0.717, 1.165) is 11.8 Å². The van der Waals surface area contributed by atoms with Crippen LogP contribution in [-0.4, -0.2) is 41.5 Å². The summed E-state index contributed by atoms with van der Waals surface area (Å²) in [5.74, 6) is -0.464. The molecule has 0 amide bonds. The van der Waals surface area contributed by atoms with E-state index < -0.39 is 22.0 Å². The molecule has 0 aliphatic rings. The molecule has 1 aromatic heterocycles. The van der Waals surface area contributed by atoms with Crippen LogP contribution in [0.1, 0.15) is 18.3 Å². The topological polar surface area (TPSA) is 98.5 Å². The Bertz CT molecular complexity index is 1240. The Morgan fingerprint density at radius 2 is 1.94 bits per heavy atom. The molecule has 166 valence electrons. The lowest BCUT2D eigenvalue weighted by molar-refractivity contribution is -0.142. The molecule has 2 aromatic carbocycles. The van der Waals surface area contributed by atoms with Gasteiger partial charge >= 0.3 is 5.97 Å². The minimum absolute atomic E-state index is 0.189. The molecular formula is C20H19Br2FN2O5S. The fourth-order valence-electron chi connectivity index (χ4n) is 3.18. The SMILES string of the molecule is CCn1c(CS(C)(=O)=O)nc2c(Oc3c(Br)cc(CC(F)C(=O)O)cc3Br)cccc21. The number of aliphatic carboxylic acids is 1. The molecule has 1 atom stereocenters. The van der Waals surface area contributed by atoms with Gasteiger partial charge in [0.2, 0.25) is 6.17 Å². The average Bonchev–Trinajstić information content (AvgIpc) is 3.00. The molecule has 1 unspecified atom stereocenters. The lowest BCUT2D eigenvalue weighted by Crippen LogP contribution is -2.17. The Kier molecular flexibility index (Phi) is 7.07. The maximum atomic E-state index is 13.6. The number of aryl methyl sites for hydroxylation is 1. The standard InChI is InChI=1S/C20H19Br2FN2O5S/c1-3-25-15-5-4-6-16(18(15)24-17(25)10-31(2,28)29)30-19-12(21)7-11(8-13(19)22)9-14(23)20(26)27/h4-8,14H,3,9-10H2,1-2H3,(H,26,27). The van der Waals surface area contributed by atoms with Crippen LogP contribution in [0.25, 0.3) is 11.0 Å². The quantitative estimate of drug-likeness (QED) is 0.409. The number of rotatable bonds is 8. The maximum absolute atomic E-state index is 13.6. The van der Waals surface area contributed by atoms with Crippen LogP contribution in [0, 0.1) is 0 Å². The van der Waals surface area contributed by atoms with Crippen LogP contribution in [-0.2, 0) is 33.4 Å².